The Labute approximate surface area is 206 Å². The molecule has 3 aromatic rings. The molecule has 1 N–H and O–H groups in total. The van der Waals surface area contributed by atoms with Crippen LogP contribution in [0, 0.1) is 6.92 Å². The molecule has 1 aromatic heterocycles. The van der Waals surface area contributed by atoms with Crippen LogP contribution in [0.25, 0.3) is 6.08 Å². The molecule has 9 heteroatoms. The van der Waals surface area contributed by atoms with Crippen molar-refractivity contribution in [2.24, 2.45) is 0 Å². The standard InChI is InChI=1S/C26H23NO7S/c1-3-32-22-12-18(8-10-20(22)33-15-19-9-11-21(34-19)25(29)30)13-23-24(28)27(26(31)35-23)14-17-6-4-16(2)5-7-17/h4-13H,3,14-15H2,1-2H3,(H,29,30). The topological polar surface area (TPSA) is 106 Å². The van der Waals surface area contributed by atoms with Crippen molar-refractivity contribution in [3.63, 3.8) is 0 Å². The van der Waals surface area contributed by atoms with Gasteiger partial charge in [-0.3, -0.25) is 14.5 Å². The summed E-state index contributed by atoms with van der Waals surface area (Å²) in [7, 11) is 0. The Balaban J connectivity index is 1.48. The van der Waals surface area contributed by atoms with Crippen molar-refractivity contribution in [3.8, 4) is 11.5 Å². The molecule has 1 fully saturated rings. The normalized spacial score (nSPS) is 14.6. The highest BCUT2D eigenvalue weighted by molar-refractivity contribution is 8.18. The highest BCUT2D eigenvalue weighted by atomic mass is 32.2. The number of nitrogens with zero attached hydrogens (tertiary/aromatic N) is 1. The Morgan fingerprint density at radius 1 is 1.06 bits per heavy atom. The first-order chi connectivity index (χ1) is 16.8. The number of furan rings is 1. The van der Waals surface area contributed by atoms with Crippen LogP contribution < -0.4 is 9.47 Å². The van der Waals surface area contributed by atoms with E-state index >= 15 is 0 Å². The molecule has 1 saturated heterocycles. The van der Waals surface area contributed by atoms with E-state index in [1.165, 1.54) is 17.0 Å². The van der Waals surface area contributed by atoms with Crippen LogP contribution in [0.1, 0.15) is 39.9 Å². The molecule has 0 unspecified atom stereocenters. The minimum absolute atomic E-state index is 0.0185. The molecule has 0 saturated carbocycles. The quantitative estimate of drug-likeness (QED) is 0.390. The van der Waals surface area contributed by atoms with Gasteiger partial charge in [-0.15, -0.1) is 0 Å². The van der Waals surface area contributed by atoms with Gasteiger partial charge in [0.25, 0.3) is 11.1 Å². The molecule has 2 aromatic carbocycles. The molecule has 2 heterocycles. The fourth-order valence-electron chi connectivity index (χ4n) is 3.39. The number of ether oxygens (including phenoxy) is 2. The molecule has 8 nitrogen and oxygen atoms in total. The van der Waals surface area contributed by atoms with Gasteiger partial charge in [-0.1, -0.05) is 35.9 Å². The van der Waals surface area contributed by atoms with E-state index in [-0.39, 0.29) is 30.1 Å². The number of benzene rings is 2. The number of aromatic carboxylic acids is 1. The molecule has 0 spiro atoms. The Morgan fingerprint density at radius 2 is 1.83 bits per heavy atom. The van der Waals surface area contributed by atoms with E-state index in [2.05, 4.69) is 0 Å². The minimum atomic E-state index is -1.15. The van der Waals surface area contributed by atoms with Crippen molar-refractivity contribution >= 4 is 35.0 Å². The zero-order chi connectivity index (χ0) is 24.9. The van der Waals surface area contributed by atoms with Crippen LogP contribution in [0.4, 0.5) is 4.79 Å². The Hall–Kier alpha value is -3.98. The van der Waals surface area contributed by atoms with E-state index in [1.54, 1.807) is 24.3 Å². The minimum Gasteiger partial charge on any atom is -0.490 e. The van der Waals surface area contributed by atoms with Crippen LogP contribution in [0.3, 0.4) is 0 Å². The molecular weight excluding hydrogens is 470 g/mol. The summed E-state index contributed by atoms with van der Waals surface area (Å²) in [6.07, 6.45) is 1.65. The predicted octanol–water partition coefficient (Wildman–Crippen LogP) is 5.50. The maximum atomic E-state index is 12.9. The van der Waals surface area contributed by atoms with Crippen molar-refractivity contribution in [2.75, 3.05) is 6.61 Å². The van der Waals surface area contributed by atoms with Gasteiger partial charge in [0.05, 0.1) is 18.1 Å². The Bertz CT molecular complexity index is 1290. The largest absolute Gasteiger partial charge is 0.490 e. The monoisotopic (exact) mass is 493 g/mol. The van der Waals surface area contributed by atoms with E-state index in [1.807, 2.05) is 38.1 Å². The van der Waals surface area contributed by atoms with Crippen LogP contribution >= 0.6 is 11.8 Å². The average molecular weight is 494 g/mol. The number of carboxylic acids is 1. The summed E-state index contributed by atoms with van der Waals surface area (Å²) >= 11 is 0.901. The second kappa shape index (κ2) is 10.5. The number of hydrogen-bond donors (Lipinski definition) is 1. The zero-order valence-corrected chi connectivity index (χ0v) is 20.0. The van der Waals surface area contributed by atoms with Gasteiger partial charge in [0, 0.05) is 0 Å². The van der Waals surface area contributed by atoms with Crippen molar-refractivity contribution in [1.29, 1.82) is 0 Å². The molecule has 0 aliphatic carbocycles. The maximum Gasteiger partial charge on any atom is 0.371 e. The third-order valence-corrected chi connectivity index (χ3v) is 6.05. The first-order valence-electron chi connectivity index (χ1n) is 10.9. The lowest BCUT2D eigenvalue weighted by atomic mass is 10.1. The van der Waals surface area contributed by atoms with Gasteiger partial charge in [0.15, 0.2) is 11.5 Å². The molecule has 180 valence electrons. The second-order valence-electron chi connectivity index (χ2n) is 7.75. The summed E-state index contributed by atoms with van der Waals surface area (Å²) in [6.45, 7) is 4.43. The summed E-state index contributed by atoms with van der Waals surface area (Å²) in [4.78, 5) is 37.9. The van der Waals surface area contributed by atoms with Crippen molar-refractivity contribution in [2.45, 2.75) is 27.0 Å². The highest BCUT2D eigenvalue weighted by Crippen LogP contribution is 2.35. The molecular formula is C26H23NO7S. The van der Waals surface area contributed by atoms with Gasteiger partial charge in [0.1, 0.15) is 12.4 Å². The van der Waals surface area contributed by atoms with Crippen LogP contribution in [0.5, 0.6) is 11.5 Å². The molecule has 1 aliphatic heterocycles. The smallest absolute Gasteiger partial charge is 0.371 e. The molecule has 1 aliphatic rings. The van der Waals surface area contributed by atoms with Crippen molar-refractivity contribution in [1.82, 2.24) is 4.90 Å². The lowest BCUT2D eigenvalue weighted by Gasteiger charge is -2.13. The summed E-state index contributed by atoms with van der Waals surface area (Å²) in [5, 5.41) is 8.66. The molecule has 4 rings (SSSR count). The number of hydrogen-bond acceptors (Lipinski definition) is 7. The highest BCUT2D eigenvalue weighted by Gasteiger charge is 2.35. The second-order valence-corrected chi connectivity index (χ2v) is 8.75. The average Bonchev–Trinajstić information content (AvgIpc) is 3.41. The number of imide groups is 1. The van der Waals surface area contributed by atoms with E-state index in [9.17, 15) is 14.4 Å². The van der Waals surface area contributed by atoms with Crippen LogP contribution in [-0.4, -0.2) is 33.7 Å². The van der Waals surface area contributed by atoms with Crippen molar-refractivity contribution in [3.05, 3.63) is 87.7 Å². The summed E-state index contributed by atoms with van der Waals surface area (Å²) in [6, 6.07) is 15.7. The molecule has 0 bridgehead atoms. The lowest BCUT2D eigenvalue weighted by Crippen LogP contribution is -2.27. The summed E-state index contributed by atoms with van der Waals surface area (Å²) < 4.78 is 16.6. The number of carbonyl (C=O) groups excluding carboxylic acids is 2. The van der Waals surface area contributed by atoms with Gasteiger partial charge in [-0.05, 0) is 67.1 Å². The van der Waals surface area contributed by atoms with E-state index in [4.69, 9.17) is 19.0 Å². The van der Waals surface area contributed by atoms with E-state index in [0.29, 0.717) is 34.3 Å². The fourth-order valence-corrected chi connectivity index (χ4v) is 4.22. The number of thioether (sulfide) groups is 1. The lowest BCUT2D eigenvalue weighted by molar-refractivity contribution is -0.123. The molecule has 35 heavy (non-hydrogen) atoms. The van der Waals surface area contributed by atoms with E-state index < -0.39 is 5.97 Å². The number of carbonyl (C=O) groups is 3. The summed E-state index contributed by atoms with van der Waals surface area (Å²) in [5.41, 5.74) is 2.66. The van der Waals surface area contributed by atoms with Crippen LogP contribution in [-0.2, 0) is 17.9 Å². The Morgan fingerprint density at radius 3 is 2.51 bits per heavy atom. The maximum absolute atomic E-state index is 12.9. The fraction of sp³-hybridized carbons (Fsp3) is 0.192. The molecule has 0 radical (unpaired) electrons. The molecule has 2 amide bonds. The zero-order valence-electron chi connectivity index (χ0n) is 19.1. The van der Waals surface area contributed by atoms with Gasteiger partial charge >= 0.3 is 5.97 Å². The van der Waals surface area contributed by atoms with Crippen LogP contribution in [0.15, 0.2) is 63.9 Å². The third kappa shape index (κ3) is 5.75. The SMILES string of the molecule is CCOc1cc(C=C2SC(=O)N(Cc3ccc(C)cc3)C2=O)ccc1OCc1ccc(C(=O)O)o1. The summed E-state index contributed by atoms with van der Waals surface area (Å²) in [5.74, 6) is -0.420. The van der Waals surface area contributed by atoms with Gasteiger partial charge in [-0.2, -0.15) is 0 Å². The first kappa shape index (κ1) is 24.2. The van der Waals surface area contributed by atoms with Crippen molar-refractivity contribution < 1.29 is 33.4 Å². The van der Waals surface area contributed by atoms with E-state index in [0.717, 1.165) is 22.9 Å². The Kier molecular flexibility index (Phi) is 7.26. The number of rotatable bonds is 9. The predicted molar refractivity (Wildman–Crippen MR) is 130 cm³/mol. The number of aryl methyl sites for hydroxylation is 1. The number of carboxylic acid groups (broad SMARTS) is 1. The van der Waals surface area contributed by atoms with Gasteiger partial charge in [0.2, 0.25) is 5.76 Å². The molecule has 0 atom stereocenters. The third-order valence-electron chi connectivity index (χ3n) is 5.14. The first-order valence-corrected chi connectivity index (χ1v) is 11.7. The number of amides is 2. The van der Waals surface area contributed by atoms with Crippen LogP contribution in [0.2, 0.25) is 0 Å². The van der Waals surface area contributed by atoms with Gasteiger partial charge in [-0.25, -0.2) is 4.79 Å². The van der Waals surface area contributed by atoms with Gasteiger partial charge < -0.3 is 19.0 Å².